The molecule has 0 unspecified atom stereocenters. The van der Waals surface area contributed by atoms with E-state index in [2.05, 4.69) is 15.1 Å². The number of nitrogens with zero attached hydrogens (tertiary/aromatic N) is 2. The van der Waals surface area contributed by atoms with Crippen LogP contribution in [0.4, 0.5) is 10.1 Å². The number of carbonyl (C=O) groups is 1. The molecular weight excluding hydrogens is 517 g/mol. The van der Waals surface area contributed by atoms with Crippen LogP contribution in [-0.2, 0) is 23.0 Å². The quantitative estimate of drug-likeness (QED) is 0.285. The van der Waals surface area contributed by atoms with Gasteiger partial charge in [0.2, 0.25) is 10.0 Å². The second kappa shape index (κ2) is 11.1. The van der Waals surface area contributed by atoms with Crippen molar-refractivity contribution in [2.24, 2.45) is 5.73 Å². The van der Waals surface area contributed by atoms with Crippen molar-refractivity contribution in [3.8, 4) is 16.8 Å². The van der Waals surface area contributed by atoms with Crippen molar-refractivity contribution in [3.63, 3.8) is 0 Å². The maximum atomic E-state index is 15.3. The standard InChI is InChI=1S/C29H32FN5O3S/c1-5-21-17-26(35(33-21)22-10-8-9-19(15-22)18-31)28(36)32-25-14-13-20(16-24(25)30)23-11-6-7-12-27(23)39(37,38)34-29(2,3)4/h6-17,34H,5,18,31H2,1-4H3,(H,32,36). The van der Waals surface area contributed by atoms with E-state index in [9.17, 15) is 13.2 Å². The number of nitrogens with two attached hydrogens (primary N) is 1. The summed E-state index contributed by atoms with van der Waals surface area (Å²) < 4.78 is 45.5. The molecule has 0 spiro atoms. The average Bonchev–Trinajstić information content (AvgIpc) is 3.33. The number of sulfonamides is 1. The fraction of sp³-hybridized carbons (Fsp3) is 0.241. The Bertz CT molecular complexity index is 1620. The number of hydrogen-bond donors (Lipinski definition) is 3. The van der Waals surface area contributed by atoms with Crippen LogP contribution in [0.15, 0.2) is 77.7 Å². The van der Waals surface area contributed by atoms with Crippen LogP contribution in [0.1, 0.15) is 49.4 Å². The van der Waals surface area contributed by atoms with Gasteiger partial charge in [-0.1, -0.05) is 43.3 Å². The predicted octanol–water partition coefficient (Wildman–Crippen LogP) is 5.03. The molecule has 1 heterocycles. The zero-order valence-electron chi connectivity index (χ0n) is 22.3. The minimum absolute atomic E-state index is 0.0341. The van der Waals surface area contributed by atoms with Gasteiger partial charge in [0.1, 0.15) is 11.5 Å². The first-order valence-electron chi connectivity index (χ1n) is 12.5. The Hall–Kier alpha value is -3.86. The molecule has 0 radical (unpaired) electrons. The van der Waals surface area contributed by atoms with Crippen LogP contribution >= 0.6 is 0 Å². The van der Waals surface area contributed by atoms with Crippen LogP contribution in [-0.4, -0.2) is 29.6 Å². The van der Waals surface area contributed by atoms with Crippen LogP contribution in [0.3, 0.4) is 0 Å². The second-order valence-corrected chi connectivity index (χ2v) is 11.8. The molecule has 8 nitrogen and oxygen atoms in total. The highest BCUT2D eigenvalue weighted by atomic mass is 32.2. The summed E-state index contributed by atoms with van der Waals surface area (Å²) in [5, 5.41) is 7.16. The molecule has 39 heavy (non-hydrogen) atoms. The molecule has 4 N–H and O–H groups in total. The summed E-state index contributed by atoms with van der Waals surface area (Å²) in [7, 11) is -3.87. The molecule has 0 fully saturated rings. The van der Waals surface area contributed by atoms with Crippen molar-refractivity contribution in [2.45, 2.75) is 51.1 Å². The predicted molar refractivity (Wildman–Crippen MR) is 151 cm³/mol. The summed E-state index contributed by atoms with van der Waals surface area (Å²) >= 11 is 0. The number of carbonyl (C=O) groups excluding carboxylic acids is 1. The summed E-state index contributed by atoms with van der Waals surface area (Å²) in [6.07, 6.45) is 0.610. The Morgan fingerprint density at radius 3 is 2.44 bits per heavy atom. The summed E-state index contributed by atoms with van der Waals surface area (Å²) in [5.74, 6) is -1.24. The third-order valence-corrected chi connectivity index (χ3v) is 7.71. The van der Waals surface area contributed by atoms with E-state index in [1.807, 2.05) is 31.2 Å². The first-order chi connectivity index (χ1) is 18.4. The topological polar surface area (TPSA) is 119 Å². The van der Waals surface area contributed by atoms with Gasteiger partial charge in [-0.3, -0.25) is 4.79 Å². The van der Waals surface area contributed by atoms with Crippen LogP contribution in [0, 0.1) is 5.82 Å². The van der Waals surface area contributed by atoms with E-state index in [0.717, 1.165) is 5.56 Å². The SMILES string of the molecule is CCc1cc(C(=O)Nc2ccc(-c3ccccc3S(=O)(=O)NC(C)(C)C)cc2F)n(-c2cccc(CN)c2)n1. The molecule has 4 aromatic rings. The van der Waals surface area contributed by atoms with Gasteiger partial charge >= 0.3 is 0 Å². The van der Waals surface area contributed by atoms with Gasteiger partial charge in [-0.2, -0.15) is 5.10 Å². The fourth-order valence-corrected chi connectivity index (χ4v) is 5.79. The van der Waals surface area contributed by atoms with Crippen molar-refractivity contribution < 1.29 is 17.6 Å². The molecule has 3 aromatic carbocycles. The highest BCUT2D eigenvalue weighted by Gasteiger charge is 2.25. The molecule has 0 saturated carbocycles. The van der Waals surface area contributed by atoms with Gasteiger partial charge in [-0.15, -0.1) is 0 Å². The van der Waals surface area contributed by atoms with E-state index in [4.69, 9.17) is 5.73 Å². The van der Waals surface area contributed by atoms with Gasteiger partial charge in [-0.05, 0) is 74.7 Å². The lowest BCUT2D eigenvalue weighted by atomic mass is 10.0. The lowest BCUT2D eigenvalue weighted by molar-refractivity contribution is 0.101. The monoisotopic (exact) mass is 549 g/mol. The highest BCUT2D eigenvalue weighted by molar-refractivity contribution is 7.89. The minimum Gasteiger partial charge on any atom is -0.326 e. The lowest BCUT2D eigenvalue weighted by Gasteiger charge is -2.21. The number of aryl methyl sites for hydroxylation is 1. The van der Waals surface area contributed by atoms with Crippen molar-refractivity contribution in [2.75, 3.05) is 5.32 Å². The van der Waals surface area contributed by atoms with Crippen molar-refractivity contribution >= 4 is 21.6 Å². The fourth-order valence-electron chi connectivity index (χ4n) is 4.14. The zero-order valence-corrected chi connectivity index (χ0v) is 23.1. The van der Waals surface area contributed by atoms with E-state index in [1.54, 1.807) is 51.1 Å². The number of hydrogen-bond acceptors (Lipinski definition) is 5. The van der Waals surface area contributed by atoms with Gasteiger partial charge in [0.05, 0.1) is 22.0 Å². The molecule has 1 amide bonds. The highest BCUT2D eigenvalue weighted by Crippen LogP contribution is 2.30. The maximum absolute atomic E-state index is 15.3. The summed E-state index contributed by atoms with van der Waals surface area (Å²) in [4.78, 5) is 13.3. The number of benzene rings is 3. The third kappa shape index (κ3) is 6.42. The molecule has 0 atom stereocenters. The van der Waals surface area contributed by atoms with Crippen LogP contribution in [0.5, 0.6) is 0 Å². The Morgan fingerprint density at radius 1 is 1.03 bits per heavy atom. The molecule has 204 valence electrons. The zero-order chi connectivity index (χ0) is 28.4. The Labute approximate surface area is 228 Å². The summed E-state index contributed by atoms with van der Waals surface area (Å²) in [5.41, 5.74) is 8.24. The first-order valence-corrected chi connectivity index (χ1v) is 14.0. The molecule has 0 aliphatic heterocycles. The average molecular weight is 550 g/mol. The molecule has 0 saturated heterocycles. The molecule has 1 aromatic heterocycles. The largest absolute Gasteiger partial charge is 0.326 e. The summed E-state index contributed by atoms with van der Waals surface area (Å²) in [6.45, 7) is 7.50. The summed E-state index contributed by atoms with van der Waals surface area (Å²) in [6, 6.07) is 19.6. The van der Waals surface area contributed by atoms with Crippen LogP contribution in [0.25, 0.3) is 16.8 Å². The van der Waals surface area contributed by atoms with Crippen molar-refractivity contribution in [1.82, 2.24) is 14.5 Å². The number of rotatable bonds is 8. The van der Waals surface area contributed by atoms with Gasteiger partial charge < -0.3 is 11.1 Å². The Morgan fingerprint density at radius 2 is 1.77 bits per heavy atom. The van der Waals surface area contributed by atoms with Gasteiger partial charge in [0.25, 0.3) is 5.91 Å². The lowest BCUT2D eigenvalue weighted by Crippen LogP contribution is -2.40. The Balaban J connectivity index is 1.65. The third-order valence-electron chi connectivity index (χ3n) is 5.89. The Kier molecular flexibility index (Phi) is 8.01. The molecule has 0 aliphatic rings. The van der Waals surface area contributed by atoms with Crippen molar-refractivity contribution in [1.29, 1.82) is 0 Å². The van der Waals surface area contributed by atoms with Crippen molar-refractivity contribution in [3.05, 3.63) is 95.6 Å². The number of nitrogens with one attached hydrogen (secondary N) is 2. The molecule has 10 heteroatoms. The number of halogens is 1. The van der Waals surface area contributed by atoms with E-state index in [0.29, 0.717) is 35.5 Å². The number of amides is 1. The van der Waals surface area contributed by atoms with Gasteiger partial charge in [0.15, 0.2) is 0 Å². The normalized spacial score (nSPS) is 11.9. The maximum Gasteiger partial charge on any atom is 0.274 e. The van der Waals surface area contributed by atoms with E-state index >= 15 is 4.39 Å². The number of aromatic nitrogens is 2. The van der Waals surface area contributed by atoms with Crippen LogP contribution < -0.4 is 15.8 Å². The van der Waals surface area contributed by atoms with Crippen LogP contribution in [0.2, 0.25) is 0 Å². The minimum atomic E-state index is -3.87. The molecule has 0 aliphatic carbocycles. The number of anilines is 1. The molecular formula is C29H32FN5O3S. The smallest absolute Gasteiger partial charge is 0.274 e. The van der Waals surface area contributed by atoms with E-state index in [-0.39, 0.29) is 16.3 Å². The van der Waals surface area contributed by atoms with Gasteiger partial charge in [0, 0.05) is 17.6 Å². The van der Waals surface area contributed by atoms with Gasteiger partial charge in [-0.25, -0.2) is 22.2 Å². The molecule has 0 bridgehead atoms. The van der Waals surface area contributed by atoms with E-state index < -0.39 is 27.3 Å². The van der Waals surface area contributed by atoms with E-state index in [1.165, 1.54) is 22.9 Å². The first kappa shape index (κ1) is 28.2. The second-order valence-electron chi connectivity index (χ2n) is 10.2. The molecule has 4 rings (SSSR count).